The van der Waals surface area contributed by atoms with Gasteiger partial charge in [0.15, 0.2) is 0 Å². The standard InChI is InChI=1S/C26H23ClF3N3O3S/c1-36-13-12-32(25(35)17-8-10-18(11-9-17)26(28,29)30)16-24(34)33-22(19-5-2-3-6-20(19)27)15-21(31-33)23-7-4-14-37-23/h2-11,14,22H,12-13,15-16H2,1H3/t22-/m1/s1. The Morgan fingerprint density at radius 2 is 1.86 bits per heavy atom. The number of rotatable bonds is 8. The average molecular weight is 550 g/mol. The zero-order valence-corrected chi connectivity index (χ0v) is 21.3. The largest absolute Gasteiger partial charge is 0.416 e. The lowest BCUT2D eigenvalue weighted by atomic mass is 10.0. The summed E-state index contributed by atoms with van der Waals surface area (Å²) >= 11 is 7.95. The molecular formula is C26H23ClF3N3O3S. The van der Waals surface area contributed by atoms with Crippen LogP contribution >= 0.6 is 22.9 Å². The Hall–Kier alpha value is -3.21. The number of amides is 2. The summed E-state index contributed by atoms with van der Waals surface area (Å²) in [5, 5.41) is 8.34. The zero-order valence-electron chi connectivity index (χ0n) is 19.7. The Kier molecular flexibility index (Phi) is 8.31. The predicted molar refractivity (Wildman–Crippen MR) is 136 cm³/mol. The fourth-order valence-corrected chi connectivity index (χ4v) is 4.98. The maximum atomic E-state index is 13.5. The number of methoxy groups -OCH3 is 1. The van der Waals surface area contributed by atoms with E-state index in [0.717, 1.165) is 40.4 Å². The SMILES string of the molecule is COCCN(CC(=O)N1N=C(c2cccs2)C[C@@H]1c1ccccc1Cl)C(=O)c1ccc(C(F)(F)F)cc1. The number of ether oxygens (including phenoxy) is 1. The van der Waals surface area contributed by atoms with E-state index in [1.807, 2.05) is 29.6 Å². The molecule has 6 nitrogen and oxygen atoms in total. The minimum Gasteiger partial charge on any atom is -0.383 e. The highest BCUT2D eigenvalue weighted by Gasteiger charge is 2.36. The van der Waals surface area contributed by atoms with Crippen LogP contribution in [0.15, 0.2) is 71.1 Å². The number of carbonyl (C=O) groups is 2. The van der Waals surface area contributed by atoms with Gasteiger partial charge in [-0.25, -0.2) is 5.01 Å². The highest BCUT2D eigenvalue weighted by atomic mass is 35.5. The number of benzene rings is 2. The molecule has 3 aromatic rings. The van der Waals surface area contributed by atoms with Gasteiger partial charge in [-0.15, -0.1) is 11.3 Å². The smallest absolute Gasteiger partial charge is 0.383 e. The second-order valence-corrected chi connectivity index (χ2v) is 9.65. The van der Waals surface area contributed by atoms with Crippen LogP contribution in [0.25, 0.3) is 0 Å². The van der Waals surface area contributed by atoms with Crippen molar-refractivity contribution in [2.45, 2.75) is 18.6 Å². The molecule has 1 atom stereocenters. The molecule has 2 aromatic carbocycles. The maximum absolute atomic E-state index is 13.5. The summed E-state index contributed by atoms with van der Waals surface area (Å²) in [6, 6.07) is 14.4. The second kappa shape index (κ2) is 11.5. The van der Waals surface area contributed by atoms with Crippen LogP contribution < -0.4 is 0 Å². The molecule has 37 heavy (non-hydrogen) atoms. The predicted octanol–water partition coefficient (Wildman–Crippen LogP) is 5.89. The summed E-state index contributed by atoms with van der Waals surface area (Å²) in [5.41, 5.74) is 0.624. The van der Waals surface area contributed by atoms with Crippen molar-refractivity contribution in [2.24, 2.45) is 5.10 Å². The molecule has 0 radical (unpaired) electrons. The van der Waals surface area contributed by atoms with E-state index in [4.69, 9.17) is 16.3 Å². The summed E-state index contributed by atoms with van der Waals surface area (Å²) in [6.45, 7) is -0.142. The third-order valence-corrected chi connectivity index (χ3v) is 7.14. The van der Waals surface area contributed by atoms with Gasteiger partial charge in [-0.1, -0.05) is 35.9 Å². The van der Waals surface area contributed by atoms with Crippen molar-refractivity contribution < 1.29 is 27.5 Å². The summed E-state index contributed by atoms with van der Waals surface area (Å²) < 4.78 is 43.9. The third kappa shape index (κ3) is 6.20. The first-order valence-corrected chi connectivity index (χ1v) is 12.6. The maximum Gasteiger partial charge on any atom is 0.416 e. The van der Waals surface area contributed by atoms with Crippen LogP contribution in [-0.4, -0.2) is 54.2 Å². The lowest BCUT2D eigenvalue weighted by molar-refractivity contribution is -0.137. The topological polar surface area (TPSA) is 62.2 Å². The molecule has 1 aliphatic rings. The number of alkyl halides is 3. The van der Waals surface area contributed by atoms with Crippen LogP contribution in [0.3, 0.4) is 0 Å². The molecule has 1 aliphatic heterocycles. The van der Waals surface area contributed by atoms with Crippen molar-refractivity contribution in [1.82, 2.24) is 9.91 Å². The summed E-state index contributed by atoms with van der Waals surface area (Å²) in [7, 11) is 1.45. The first-order chi connectivity index (χ1) is 17.7. The molecule has 0 aliphatic carbocycles. The van der Waals surface area contributed by atoms with E-state index in [-0.39, 0.29) is 25.3 Å². The monoisotopic (exact) mass is 549 g/mol. The molecule has 11 heteroatoms. The van der Waals surface area contributed by atoms with Gasteiger partial charge in [-0.2, -0.15) is 18.3 Å². The van der Waals surface area contributed by atoms with Crippen LogP contribution in [0, 0.1) is 0 Å². The first kappa shape index (κ1) is 26.8. The molecule has 4 rings (SSSR count). The van der Waals surface area contributed by atoms with Gasteiger partial charge in [0, 0.05) is 30.7 Å². The minimum absolute atomic E-state index is 0.0313. The van der Waals surface area contributed by atoms with Crippen LogP contribution in [0.5, 0.6) is 0 Å². The Morgan fingerprint density at radius 3 is 2.49 bits per heavy atom. The van der Waals surface area contributed by atoms with Crippen LogP contribution in [0.2, 0.25) is 5.02 Å². The quantitative estimate of drug-likeness (QED) is 0.352. The molecule has 0 unspecified atom stereocenters. The van der Waals surface area contributed by atoms with Crippen LogP contribution in [-0.2, 0) is 15.7 Å². The molecule has 0 spiro atoms. The Morgan fingerprint density at radius 1 is 1.14 bits per heavy atom. The zero-order chi connectivity index (χ0) is 26.6. The fourth-order valence-electron chi connectivity index (χ4n) is 3.99. The molecular weight excluding hydrogens is 527 g/mol. The summed E-state index contributed by atoms with van der Waals surface area (Å²) in [5.74, 6) is -1.04. The number of hydrogen-bond donors (Lipinski definition) is 0. The highest BCUT2D eigenvalue weighted by Crippen LogP contribution is 2.37. The van der Waals surface area contributed by atoms with E-state index >= 15 is 0 Å². The minimum atomic E-state index is -4.52. The van der Waals surface area contributed by atoms with Gasteiger partial charge < -0.3 is 9.64 Å². The van der Waals surface area contributed by atoms with Crippen molar-refractivity contribution >= 4 is 40.5 Å². The van der Waals surface area contributed by atoms with Crippen molar-refractivity contribution in [1.29, 1.82) is 0 Å². The number of halogens is 4. The average Bonchev–Trinajstić information content (AvgIpc) is 3.56. The molecule has 0 bridgehead atoms. The van der Waals surface area contributed by atoms with E-state index in [2.05, 4.69) is 5.10 Å². The van der Waals surface area contributed by atoms with Crippen molar-refractivity contribution in [3.63, 3.8) is 0 Å². The summed E-state index contributed by atoms with van der Waals surface area (Å²) in [6.07, 6.45) is -4.07. The normalized spacial score (nSPS) is 15.5. The highest BCUT2D eigenvalue weighted by molar-refractivity contribution is 7.12. The van der Waals surface area contributed by atoms with Crippen LogP contribution in [0.4, 0.5) is 13.2 Å². The number of thiophene rings is 1. The van der Waals surface area contributed by atoms with Gasteiger partial charge in [0.25, 0.3) is 11.8 Å². The molecule has 0 N–H and O–H groups in total. The molecule has 2 amide bonds. The molecule has 1 aromatic heterocycles. The Labute approximate surface area is 220 Å². The van der Waals surface area contributed by atoms with E-state index < -0.39 is 29.6 Å². The van der Waals surface area contributed by atoms with Gasteiger partial charge in [-0.05, 0) is 47.3 Å². The van der Waals surface area contributed by atoms with Crippen molar-refractivity contribution in [2.75, 3.05) is 26.8 Å². The van der Waals surface area contributed by atoms with Crippen LogP contribution in [0.1, 0.15) is 38.8 Å². The number of hydrazone groups is 1. The van der Waals surface area contributed by atoms with Gasteiger partial charge in [0.1, 0.15) is 6.54 Å². The van der Waals surface area contributed by atoms with E-state index in [9.17, 15) is 22.8 Å². The van der Waals surface area contributed by atoms with E-state index in [0.29, 0.717) is 11.4 Å². The lowest BCUT2D eigenvalue weighted by Gasteiger charge is -2.27. The third-order valence-electron chi connectivity index (χ3n) is 5.87. The van der Waals surface area contributed by atoms with Gasteiger partial charge in [0.2, 0.25) is 0 Å². The number of nitrogens with zero attached hydrogens (tertiary/aromatic N) is 3. The molecule has 194 valence electrons. The Bertz CT molecular complexity index is 1280. The Balaban J connectivity index is 1.60. The van der Waals surface area contributed by atoms with Gasteiger partial charge in [-0.3, -0.25) is 9.59 Å². The second-order valence-electron chi connectivity index (χ2n) is 8.30. The first-order valence-electron chi connectivity index (χ1n) is 11.3. The number of carbonyl (C=O) groups excluding carboxylic acids is 2. The molecule has 2 heterocycles. The van der Waals surface area contributed by atoms with Gasteiger partial charge >= 0.3 is 6.18 Å². The lowest BCUT2D eigenvalue weighted by Crippen LogP contribution is -2.42. The van der Waals surface area contributed by atoms with Crippen molar-refractivity contribution in [3.05, 3.63) is 92.6 Å². The van der Waals surface area contributed by atoms with Gasteiger partial charge in [0.05, 0.1) is 28.8 Å². The van der Waals surface area contributed by atoms with Crippen molar-refractivity contribution in [3.8, 4) is 0 Å². The molecule has 0 saturated carbocycles. The fraction of sp³-hybridized carbons (Fsp3) is 0.269. The van der Waals surface area contributed by atoms with E-state index in [1.165, 1.54) is 28.4 Å². The summed E-state index contributed by atoms with van der Waals surface area (Å²) in [4.78, 5) is 28.9. The molecule has 0 saturated heterocycles. The number of hydrogen-bond acceptors (Lipinski definition) is 5. The molecule has 0 fully saturated rings. The van der Waals surface area contributed by atoms with E-state index in [1.54, 1.807) is 12.1 Å².